The summed E-state index contributed by atoms with van der Waals surface area (Å²) in [6.07, 6.45) is 3.68. The lowest BCUT2D eigenvalue weighted by molar-refractivity contribution is 0.0950. The summed E-state index contributed by atoms with van der Waals surface area (Å²) in [5.74, 6) is 1.35. The number of hydrogen-bond donors (Lipinski definition) is 0. The van der Waals surface area contributed by atoms with Crippen molar-refractivity contribution in [2.75, 3.05) is 5.75 Å². The molecular weight excluding hydrogens is 264 g/mol. The molecule has 0 aromatic heterocycles. The van der Waals surface area contributed by atoms with Crippen molar-refractivity contribution < 1.29 is 4.79 Å². The summed E-state index contributed by atoms with van der Waals surface area (Å²) in [5.41, 5.74) is 2.04. The van der Waals surface area contributed by atoms with Crippen molar-refractivity contribution in [1.29, 1.82) is 0 Å². The molecule has 0 amide bonds. The Kier molecular flexibility index (Phi) is 6.81. The first kappa shape index (κ1) is 17.3. The third kappa shape index (κ3) is 5.32. The molecule has 0 saturated carbocycles. The molecule has 0 aliphatic heterocycles. The van der Waals surface area contributed by atoms with Crippen molar-refractivity contribution in [3.05, 3.63) is 35.4 Å². The minimum Gasteiger partial charge on any atom is -0.293 e. The van der Waals surface area contributed by atoms with Crippen LogP contribution in [-0.2, 0) is 0 Å². The number of benzene rings is 1. The van der Waals surface area contributed by atoms with Crippen LogP contribution >= 0.6 is 11.8 Å². The molecule has 0 heterocycles. The number of aryl methyl sites for hydroxylation is 1. The quantitative estimate of drug-likeness (QED) is 0.486. The molecular formula is C18H28OS. The van der Waals surface area contributed by atoms with E-state index < -0.39 is 0 Å². The minimum atomic E-state index is -0.00114. The lowest BCUT2D eigenvalue weighted by atomic mass is 9.87. The molecule has 0 spiro atoms. The molecule has 20 heavy (non-hydrogen) atoms. The van der Waals surface area contributed by atoms with Crippen molar-refractivity contribution in [1.82, 2.24) is 0 Å². The van der Waals surface area contributed by atoms with E-state index in [1.807, 2.05) is 36.0 Å². The van der Waals surface area contributed by atoms with Crippen LogP contribution in [0.15, 0.2) is 24.3 Å². The lowest BCUT2D eigenvalue weighted by Gasteiger charge is -2.29. The van der Waals surface area contributed by atoms with E-state index in [-0.39, 0.29) is 16.4 Å². The van der Waals surface area contributed by atoms with E-state index in [1.165, 1.54) is 24.8 Å². The first-order valence-electron chi connectivity index (χ1n) is 7.58. The Balaban J connectivity index is 2.77. The maximum atomic E-state index is 12.7. The minimum absolute atomic E-state index is 0.00114. The van der Waals surface area contributed by atoms with Gasteiger partial charge in [-0.05, 0) is 24.5 Å². The van der Waals surface area contributed by atoms with Gasteiger partial charge in [0.05, 0.1) is 5.25 Å². The van der Waals surface area contributed by atoms with Crippen molar-refractivity contribution >= 4 is 17.5 Å². The van der Waals surface area contributed by atoms with Gasteiger partial charge < -0.3 is 0 Å². The molecule has 1 atom stereocenters. The SMILES string of the molecule is CCCCCSC(C(=O)c1ccc(C)cc1)C(C)(C)C. The van der Waals surface area contributed by atoms with Gasteiger partial charge in [-0.2, -0.15) is 0 Å². The molecule has 0 fully saturated rings. The summed E-state index contributed by atoms with van der Waals surface area (Å²) in [6, 6.07) is 7.97. The molecule has 2 heteroatoms. The molecule has 1 aromatic carbocycles. The second-order valence-electron chi connectivity index (χ2n) is 6.55. The van der Waals surface area contributed by atoms with E-state index >= 15 is 0 Å². The highest BCUT2D eigenvalue weighted by molar-refractivity contribution is 8.00. The first-order valence-corrected chi connectivity index (χ1v) is 8.63. The molecule has 1 nitrogen and oxygen atoms in total. The fourth-order valence-electron chi connectivity index (χ4n) is 2.14. The number of unbranched alkanes of at least 4 members (excludes halogenated alkanes) is 2. The average Bonchev–Trinajstić information content (AvgIpc) is 2.37. The van der Waals surface area contributed by atoms with Gasteiger partial charge in [0.1, 0.15) is 0 Å². The average molecular weight is 292 g/mol. The van der Waals surface area contributed by atoms with E-state index in [0.29, 0.717) is 0 Å². The van der Waals surface area contributed by atoms with Crippen molar-refractivity contribution in [3.8, 4) is 0 Å². The van der Waals surface area contributed by atoms with Crippen LogP contribution in [0.25, 0.3) is 0 Å². The zero-order chi connectivity index (χ0) is 15.2. The second kappa shape index (κ2) is 7.87. The summed E-state index contributed by atoms with van der Waals surface area (Å²) >= 11 is 1.83. The van der Waals surface area contributed by atoms with E-state index in [9.17, 15) is 4.79 Å². The Hall–Kier alpha value is -0.760. The Morgan fingerprint density at radius 1 is 1.15 bits per heavy atom. The van der Waals surface area contributed by atoms with E-state index in [1.54, 1.807) is 0 Å². The highest BCUT2D eigenvalue weighted by Gasteiger charge is 2.31. The van der Waals surface area contributed by atoms with Crippen molar-refractivity contribution in [2.24, 2.45) is 5.41 Å². The van der Waals surface area contributed by atoms with Crippen LogP contribution in [0.4, 0.5) is 0 Å². The molecule has 0 N–H and O–H groups in total. The Labute approximate surface area is 128 Å². The van der Waals surface area contributed by atoms with Crippen LogP contribution in [-0.4, -0.2) is 16.8 Å². The van der Waals surface area contributed by atoms with E-state index in [0.717, 1.165) is 11.3 Å². The molecule has 112 valence electrons. The number of thioether (sulfide) groups is 1. The molecule has 0 bridgehead atoms. The van der Waals surface area contributed by atoms with Gasteiger partial charge in [-0.25, -0.2) is 0 Å². The van der Waals surface area contributed by atoms with Gasteiger partial charge in [-0.15, -0.1) is 11.8 Å². The second-order valence-corrected chi connectivity index (χ2v) is 7.77. The summed E-state index contributed by atoms with van der Waals surface area (Å²) in [5, 5.41) is 0.0436. The maximum absolute atomic E-state index is 12.7. The zero-order valence-electron chi connectivity index (χ0n) is 13.5. The van der Waals surface area contributed by atoms with Gasteiger partial charge in [-0.1, -0.05) is 70.4 Å². The smallest absolute Gasteiger partial charge is 0.176 e. The number of carbonyl (C=O) groups excluding carboxylic acids is 1. The van der Waals surface area contributed by atoms with Crippen molar-refractivity contribution in [3.63, 3.8) is 0 Å². The zero-order valence-corrected chi connectivity index (χ0v) is 14.3. The highest BCUT2D eigenvalue weighted by Crippen LogP contribution is 2.33. The third-order valence-electron chi connectivity index (χ3n) is 3.39. The first-order chi connectivity index (χ1) is 9.36. The van der Waals surface area contributed by atoms with Gasteiger partial charge >= 0.3 is 0 Å². The van der Waals surface area contributed by atoms with Gasteiger partial charge in [-0.3, -0.25) is 4.79 Å². The van der Waals surface area contributed by atoms with E-state index in [2.05, 4.69) is 34.6 Å². The van der Waals surface area contributed by atoms with Crippen molar-refractivity contribution in [2.45, 2.75) is 59.1 Å². The van der Waals surface area contributed by atoms with Gasteiger partial charge in [0, 0.05) is 5.56 Å². The summed E-state index contributed by atoms with van der Waals surface area (Å²) in [7, 11) is 0. The predicted octanol–water partition coefficient (Wildman–Crippen LogP) is 5.52. The number of ketones is 1. The van der Waals surface area contributed by atoms with Crippen LogP contribution in [0.1, 0.15) is 62.9 Å². The van der Waals surface area contributed by atoms with Gasteiger partial charge in [0.25, 0.3) is 0 Å². The Morgan fingerprint density at radius 2 is 1.75 bits per heavy atom. The Bertz CT molecular complexity index is 414. The third-order valence-corrected chi connectivity index (χ3v) is 5.17. The molecule has 0 aliphatic carbocycles. The number of hydrogen-bond acceptors (Lipinski definition) is 2. The van der Waals surface area contributed by atoms with Crippen LogP contribution < -0.4 is 0 Å². The topological polar surface area (TPSA) is 17.1 Å². The monoisotopic (exact) mass is 292 g/mol. The Morgan fingerprint density at radius 3 is 2.25 bits per heavy atom. The largest absolute Gasteiger partial charge is 0.293 e. The molecule has 0 saturated heterocycles. The van der Waals surface area contributed by atoms with Crippen LogP contribution in [0.5, 0.6) is 0 Å². The molecule has 0 radical (unpaired) electrons. The predicted molar refractivity (Wildman–Crippen MR) is 90.7 cm³/mol. The molecule has 1 unspecified atom stereocenters. The van der Waals surface area contributed by atoms with E-state index in [4.69, 9.17) is 0 Å². The normalized spacial score (nSPS) is 13.2. The van der Waals surface area contributed by atoms with Gasteiger partial charge in [0.15, 0.2) is 5.78 Å². The summed E-state index contributed by atoms with van der Waals surface area (Å²) in [6.45, 7) is 10.8. The molecule has 0 aliphatic rings. The standard InChI is InChI=1S/C18H28OS/c1-6-7-8-13-20-17(18(3,4)5)16(19)15-11-9-14(2)10-12-15/h9-12,17H,6-8,13H2,1-5H3. The number of Topliss-reactive ketones (excluding diaryl/α,β-unsaturated/α-hetero) is 1. The molecule has 1 aromatic rings. The molecule has 1 rings (SSSR count). The fraction of sp³-hybridized carbons (Fsp3) is 0.611. The maximum Gasteiger partial charge on any atom is 0.176 e. The number of rotatable bonds is 7. The number of carbonyl (C=O) groups is 1. The van der Waals surface area contributed by atoms with Crippen LogP contribution in [0.3, 0.4) is 0 Å². The highest BCUT2D eigenvalue weighted by atomic mass is 32.2. The lowest BCUT2D eigenvalue weighted by Crippen LogP contribution is -2.32. The summed E-state index contributed by atoms with van der Waals surface area (Å²) in [4.78, 5) is 12.7. The summed E-state index contributed by atoms with van der Waals surface area (Å²) < 4.78 is 0. The van der Waals surface area contributed by atoms with Gasteiger partial charge in [0.2, 0.25) is 0 Å². The fourth-order valence-corrected chi connectivity index (χ4v) is 3.54. The van der Waals surface area contributed by atoms with Crippen LogP contribution in [0.2, 0.25) is 0 Å². The van der Waals surface area contributed by atoms with Crippen LogP contribution in [0, 0.1) is 12.3 Å².